The van der Waals surface area contributed by atoms with Gasteiger partial charge >= 0.3 is 5.69 Å². The summed E-state index contributed by atoms with van der Waals surface area (Å²) in [5.41, 5.74) is 2.70. The van der Waals surface area contributed by atoms with Crippen molar-refractivity contribution in [2.75, 3.05) is 25.0 Å². The van der Waals surface area contributed by atoms with Gasteiger partial charge in [0, 0.05) is 18.7 Å². The Kier molecular flexibility index (Phi) is 5.81. The lowest BCUT2D eigenvalue weighted by molar-refractivity contribution is -0.117. The fraction of sp³-hybridized carbons (Fsp3) is 0.348. The smallest absolute Gasteiger partial charge is 0.325 e. The summed E-state index contributed by atoms with van der Waals surface area (Å²) in [6, 6.07) is 17.5. The third-order valence-electron chi connectivity index (χ3n) is 5.62. The highest BCUT2D eigenvalue weighted by Gasteiger charge is 2.27. The van der Waals surface area contributed by atoms with Gasteiger partial charge in [-0.05, 0) is 57.1 Å². The molecule has 7 nitrogen and oxygen atoms in total. The quantitative estimate of drug-likeness (QED) is 0.708. The first-order chi connectivity index (χ1) is 14.5. The van der Waals surface area contributed by atoms with Gasteiger partial charge in [0.1, 0.15) is 5.82 Å². The van der Waals surface area contributed by atoms with Crippen LogP contribution in [-0.2, 0) is 11.8 Å². The number of nitrogens with one attached hydrogen (secondary N) is 1. The maximum atomic E-state index is 12.6. The molecule has 1 saturated heterocycles. The minimum atomic E-state index is -0.129. The van der Waals surface area contributed by atoms with E-state index in [0.717, 1.165) is 43.1 Å². The first-order valence-corrected chi connectivity index (χ1v) is 10.3. The van der Waals surface area contributed by atoms with Gasteiger partial charge < -0.3 is 5.32 Å². The molecule has 1 aromatic heterocycles. The normalized spacial score (nSPS) is 15.3. The average Bonchev–Trinajstić information content (AvgIpc) is 3.05. The van der Waals surface area contributed by atoms with E-state index in [4.69, 9.17) is 0 Å². The molecule has 1 N–H and O–H groups in total. The van der Waals surface area contributed by atoms with E-state index in [9.17, 15) is 9.59 Å². The van der Waals surface area contributed by atoms with Crippen LogP contribution in [-0.4, -0.2) is 44.8 Å². The number of hydrogen-bond acceptors (Lipinski definition) is 4. The predicted molar refractivity (Wildman–Crippen MR) is 117 cm³/mol. The van der Waals surface area contributed by atoms with Crippen molar-refractivity contribution in [3.8, 4) is 5.69 Å². The Bertz CT molecular complexity index is 1060. The number of amides is 1. The number of carbonyl (C=O) groups is 1. The van der Waals surface area contributed by atoms with Crippen LogP contribution in [0.15, 0.2) is 59.4 Å². The zero-order valence-corrected chi connectivity index (χ0v) is 17.4. The van der Waals surface area contributed by atoms with Crippen molar-refractivity contribution in [3.63, 3.8) is 0 Å². The van der Waals surface area contributed by atoms with Crippen LogP contribution in [0.1, 0.15) is 30.1 Å². The van der Waals surface area contributed by atoms with Crippen LogP contribution < -0.4 is 11.0 Å². The standard InChI is InChI=1S/C23H27N5O2/c1-17-8-10-19(11-9-17)24-21(29)16-27-14-12-18(13-15-27)22-25-26(2)23(30)28(22)20-6-4-3-5-7-20/h3-11,18H,12-16H2,1-2H3,(H,24,29). The van der Waals surface area contributed by atoms with Crippen LogP contribution >= 0.6 is 0 Å². The molecule has 3 aromatic rings. The number of piperidine rings is 1. The molecule has 7 heteroatoms. The highest BCUT2D eigenvalue weighted by molar-refractivity contribution is 5.92. The van der Waals surface area contributed by atoms with Gasteiger partial charge in [0.15, 0.2) is 0 Å². The van der Waals surface area contributed by atoms with E-state index in [-0.39, 0.29) is 17.5 Å². The van der Waals surface area contributed by atoms with E-state index in [1.807, 2.05) is 61.5 Å². The van der Waals surface area contributed by atoms with Crippen molar-refractivity contribution in [2.24, 2.45) is 7.05 Å². The van der Waals surface area contributed by atoms with Gasteiger partial charge in [-0.25, -0.2) is 14.0 Å². The Morgan fingerprint density at radius 2 is 1.73 bits per heavy atom. The third-order valence-corrected chi connectivity index (χ3v) is 5.62. The van der Waals surface area contributed by atoms with Gasteiger partial charge in [0.25, 0.3) is 0 Å². The molecule has 0 saturated carbocycles. The molecule has 0 atom stereocenters. The van der Waals surface area contributed by atoms with Crippen LogP contribution in [0.3, 0.4) is 0 Å². The van der Waals surface area contributed by atoms with Crippen molar-refractivity contribution < 1.29 is 4.79 Å². The van der Waals surface area contributed by atoms with Gasteiger partial charge in [-0.1, -0.05) is 35.9 Å². The molecule has 1 aliphatic heterocycles. The Morgan fingerprint density at radius 3 is 2.40 bits per heavy atom. The number of rotatable bonds is 5. The van der Waals surface area contributed by atoms with Crippen LogP contribution in [0.4, 0.5) is 5.69 Å². The second-order valence-corrected chi connectivity index (χ2v) is 7.90. The molecular formula is C23H27N5O2. The monoisotopic (exact) mass is 405 g/mol. The van der Waals surface area contributed by atoms with Crippen molar-refractivity contribution in [1.82, 2.24) is 19.2 Å². The van der Waals surface area contributed by atoms with Crippen molar-refractivity contribution in [1.29, 1.82) is 0 Å². The number of para-hydroxylation sites is 1. The van der Waals surface area contributed by atoms with Gasteiger partial charge in [-0.3, -0.25) is 9.69 Å². The summed E-state index contributed by atoms with van der Waals surface area (Å²) in [5, 5.41) is 7.49. The maximum Gasteiger partial charge on any atom is 0.350 e. The highest BCUT2D eigenvalue weighted by Crippen LogP contribution is 2.27. The number of nitrogens with zero attached hydrogens (tertiary/aromatic N) is 4. The largest absolute Gasteiger partial charge is 0.350 e. The minimum absolute atomic E-state index is 0.00340. The van der Waals surface area contributed by atoms with Crippen LogP contribution in [0.2, 0.25) is 0 Å². The number of aryl methyl sites for hydroxylation is 2. The number of carbonyl (C=O) groups excluding carboxylic acids is 1. The fourth-order valence-electron chi connectivity index (χ4n) is 3.96. The summed E-state index contributed by atoms with van der Waals surface area (Å²) in [4.78, 5) is 27.2. The molecule has 0 bridgehead atoms. The lowest BCUT2D eigenvalue weighted by Crippen LogP contribution is -2.39. The molecule has 4 rings (SSSR count). The third kappa shape index (κ3) is 4.36. The van der Waals surface area contributed by atoms with Gasteiger partial charge in [-0.15, -0.1) is 0 Å². The van der Waals surface area contributed by atoms with E-state index >= 15 is 0 Å². The molecule has 156 valence electrons. The molecular weight excluding hydrogens is 378 g/mol. The second kappa shape index (κ2) is 8.67. The maximum absolute atomic E-state index is 12.6. The molecule has 1 amide bonds. The molecule has 0 spiro atoms. The molecule has 0 unspecified atom stereocenters. The summed E-state index contributed by atoms with van der Waals surface area (Å²) in [7, 11) is 1.69. The van der Waals surface area contributed by atoms with E-state index in [0.29, 0.717) is 6.54 Å². The number of anilines is 1. The van der Waals surface area contributed by atoms with Crippen molar-refractivity contribution in [2.45, 2.75) is 25.7 Å². The first-order valence-electron chi connectivity index (χ1n) is 10.3. The summed E-state index contributed by atoms with van der Waals surface area (Å²) in [6.45, 7) is 3.99. The van der Waals surface area contributed by atoms with Crippen LogP contribution in [0, 0.1) is 6.92 Å². The summed E-state index contributed by atoms with van der Waals surface area (Å²) >= 11 is 0. The number of likely N-dealkylation sites (tertiary alicyclic amines) is 1. The zero-order chi connectivity index (χ0) is 21.1. The second-order valence-electron chi connectivity index (χ2n) is 7.90. The van der Waals surface area contributed by atoms with Gasteiger partial charge in [0.2, 0.25) is 5.91 Å². The molecule has 1 aliphatic rings. The molecule has 0 radical (unpaired) electrons. The SMILES string of the molecule is Cc1ccc(NC(=O)CN2CCC(c3nn(C)c(=O)n3-c3ccccc3)CC2)cc1. The van der Waals surface area contributed by atoms with Crippen molar-refractivity contribution in [3.05, 3.63) is 76.5 Å². The topological polar surface area (TPSA) is 72.2 Å². The van der Waals surface area contributed by atoms with E-state index < -0.39 is 0 Å². The van der Waals surface area contributed by atoms with E-state index in [2.05, 4.69) is 15.3 Å². The number of benzene rings is 2. The van der Waals surface area contributed by atoms with Crippen LogP contribution in [0.25, 0.3) is 5.69 Å². The molecule has 1 fully saturated rings. The summed E-state index contributed by atoms with van der Waals surface area (Å²) < 4.78 is 3.12. The van der Waals surface area contributed by atoms with Gasteiger partial charge in [0.05, 0.1) is 12.2 Å². The predicted octanol–water partition coefficient (Wildman–Crippen LogP) is 2.70. The number of hydrogen-bond donors (Lipinski definition) is 1. The van der Waals surface area contributed by atoms with Crippen LogP contribution in [0.5, 0.6) is 0 Å². The molecule has 0 aliphatic carbocycles. The lowest BCUT2D eigenvalue weighted by atomic mass is 9.95. The molecule has 30 heavy (non-hydrogen) atoms. The average molecular weight is 406 g/mol. The summed E-state index contributed by atoms with van der Waals surface area (Å²) in [6.07, 6.45) is 1.72. The first kappa shape index (κ1) is 20.1. The van der Waals surface area contributed by atoms with E-state index in [1.54, 1.807) is 11.6 Å². The lowest BCUT2D eigenvalue weighted by Gasteiger charge is -2.31. The Morgan fingerprint density at radius 1 is 1.07 bits per heavy atom. The Balaban J connectivity index is 1.39. The number of aromatic nitrogens is 3. The van der Waals surface area contributed by atoms with Gasteiger partial charge in [-0.2, -0.15) is 5.10 Å². The molecule has 2 aromatic carbocycles. The minimum Gasteiger partial charge on any atom is -0.325 e. The molecule has 2 heterocycles. The Hall–Kier alpha value is -3.19. The Labute approximate surface area is 175 Å². The summed E-state index contributed by atoms with van der Waals surface area (Å²) in [5.74, 6) is 0.990. The van der Waals surface area contributed by atoms with Crippen molar-refractivity contribution >= 4 is 11.6 Å². The van der Waals surface area contributed by atoms with E-state index in [1.165, 1.54) is 10.2 Å². The zero-order valence-electron chi connectivity index (χ0n) is 17.4. The fourth-order valence-corrected chi connectivity index (χ4v) is 3.96. The highest BCUT2D eigenvalue weighted by atomic mass is 16.2.